The number of hydrogen-bond donors (Lipinski definition) is 0. The van der Waals surface area contributed by atoms with Crippen molar-refractivity contribution >= 4 is 32.6 Å². The normalized spacial score (nSPS) is 10.9. The molecule has 2 aromatic heterocycles. The van der Waals surface area contributed by atoms with Crippen LogP contribution < -0.4 is 9.64 Å². The first-order chi connectivity index (χ1) is 16.6. The first-order valence-electron chi connectivity index (χ1n) is 10.4. The van der Waals surface area contributed by atoms with Crippen LogP contribution in [-0.4, -0.2) is 15.9 Å². The molecule has 168 valence electrons. The van der Waals surface area contributed by atoms with Gasteiger partial charge in [0.25, 0.3) is 5.91 Å². The second kappa shape index (κ2) is 9.36. The molecule has 0 radical (unpaired) electrons. The van der Waals surface area contributed by atoms with Gasteiger partial charge in [-0.25, -0.2) is 13.8 Å². The molecule has 0 aliphatic carbocycles. The molecule has 8 heteroatoms. The molecule has 0 saturated heterocycles. The van der Waals surface area contributed by atoms with Crippen LogP contribution in [0.25, 0.3) is 10.2 Å². The van der Waals surface area contributed by atoms with Crippen LogP contribution >= 0.6 is 11.3 Å². The Morgan fingerprint density at radius 3 is 2.56 bits per heavy atom. The first-order valence-corrected chi connectivity index (χ1v) is 11.2. The zero-order valence-corrected chi connectivity index (χ0v) is 18.5. The van der Waals surface area contributed by atoms with Crippen LogP contribution in [0.3, 0.4) is 0 Å². The standard InChI is InChI=1S/C26H17F2N3O2S/c27-18-13-21(28)24-23(14-18)34-26(30-24)31(16-17-7-6-12-29-15-17)25(32)20-10-4-5-11-22(20)33-19-8-2-1-3-9-19/h1-15H,16H2. The van der Waals surface area contributed by atoms with Gasteiger partial charge < -0.3 is 4.74 Å². The number of rotatable bonds is 6. The lowest BCUT2D eigenvalue weighted by Crippen LogP contribution is -2.30. The smallest absolute Gasteiger partial charge is 0.264 e. The third-order valence-electron chi connectivity index (χ3n) is 5.03. The van der Waals surface area contributed by atoms with Gasteiger partial charge in [-0.1, -0.05) is 47.7 Å². The summed E-state index contributed by atoms with van der Waals surface area (Å²) < 4.78 is 34.4. The van der Waals surface area contributed by atoms with E-state index in [0.717, 1.165) is 23.0 Å². The summed E-state index contributed by atoms with van der Waals surface area (Å²) in [6.45, 7) is 0.135. The van der Waals surface area contributed by atoms with Crippen molar-refractivity contribution in [2.75, 3.05) is 4.90 Å². The van der Waals surface area contributed by atoms with Crippen molar-refractivity contribution in [1.29, 1.82) is 0 Å². The van der Waals surface area contributed by atoms with E-state index in [9.17, 15) is 13.6 Å². The molecule has 0 aliphatic heterocycles. The Labute approximate surface area is 197 Å². The maximum absolute atomic E-state index is 14.4. The number of benzene rings is 3. The second-order valence-electron chi connectivity index (χ2n) is 7.39. The van der Waals surface area contributed by atoms with Crippen molar-refractivity contribution < 1.29 is 18.3 Å². The van der Waals surface area contributed by atoms with E-state index in [-0.39, 0.29) is 17.2 Å². The number of hydrogen-bond acceptors (Lipinski definition) is 5. The van der Waals surface area contributed by atoms with Crippen molar-refractivity contribution in [1.82, 2.24) is 9.97 Å². The molecule has 0 bridgehead atoms. The van der Waals surface area contributed by atoms with Gasteiger partial charge in [-0.15, -0.1) is 0 Å². The molecule has 0 fully saturated rings. The fourth-order valence-electron chi connectivity index (χ4n) is 3.45. The molecule has 1 amide bonds. The fraction of sp³-hybridized carbons (Fsp3) is 0.0385. The Bertz CT molecular complexity index is 1460. The molecule has 0 spiro atoms. The maximum atomic E-state index is 14.4. The molecule has 5 aromatic rings. The summed E-state index contributed by atoms with van der Waals surface area (Å²) in [5.41, 5.74) is 1.07. The molecular weight excluding hydrogens is 456 g/mol. The van der Waals surface area contributed by atoms with E-state index in [0.29, 0.717) is 21.8 Å². The Hall–Kier alpha value is -4.17. The number of amides is 1. The van der Waals surface area contributed by atoms with Crippen LogP contribution in [0.4, 0.5) is 13.9 Å². The number of thiazole rings is 1. The molecule has 0 aliphatic rings. The van der Waals surface area contributed by atoms with Gasteiger partial charge in [0.2, 0.25) is 0 Å². The Balaban J connectivity index is 1.58. The summed E-state index contributed by atoms with van der Waals surface area (Å²) in [5, 5.41) is 0.239. The van der Waals surface area contributed by atoms with E-state index in [1.807, 2.05) is 24.3 Å². The topological polar surface area (TPSA) is 55.3 Å². The van der Waals surface area contributed by atoms with Crippen molar-refractivity contribution in [2.24, 2.45) is 0 Å². The molecule has 3 aromatic carbocycles. The Kier molecular flexibility index (Phi) is 5.97. The summed E-state index contributed by atoms with van der Waals surface area (Å²) in [5.74, 6) is -0.923. The number of ether oxygens (including phenoxy) is 1. The number of halogens is 2. The van der Waals surface area contributed by atoms with E-state index in [1.54, 1.807) is 54.9 Å². The molecule has 2 heterocycles. The number of anilines is 1. The number of fused-ring (bicyclic) bond motifs is 1. The van der Waals surface area contributed by atoms with Gasteiger partial charge >= 0.3 is 0 Å². The quantitative estimate of drug-likeness (QED) is 0.279. The average molecular weight is 474 g/mol. The number of carbonyl (C=O) groups excluding carboxylic acids is 1. The minimum Gasteiger partial charge on any atom is -0.457 e. The predicted molar refractivity (Wildman–Crippen MR) is 127 cm³/mol. The number of para-hydroxylation sites is 2. The third-order valence-corrected chi connectivity index (χ3v) is 6.06. The van der Waals surface area contributed by atoms with Gasteiger partial charge in [-0.2, -0.15) is 0 Å². The SMILES string of the molecule is O=C(c1ccccc1Oc1ccccc1)N(Cc1cccnc1)c1nc2c(F)cc(F)cc2s1. The summed E-state index contributed by atoms with van der Waals surface area (Å²) in [6.07, 6.45) is 3.27. The Morgan fingerprint density at radius 2 is 1.76 bits per heavy atom. The van der Waals surface area contributed by atoms with Crippen molar-refractivity contribution in [3.05, 3.63) is 114 Å². The molecule has 5 nitrogen and oxygen atoms in total. The summed E-state index contributed by atoms with van der Waals surface area (Å²) >= 11 is 1.04. The van der Waals surface area contributed by atoms with Crippen LogP contribution in [0.2, 0.25) is 0 Å². The van der Waals surface area contributed by atoms with Crippen LogP contribution in [0.5, 0.6) is 11.5 Å². The molecule has 34 heavy (non-hydrogen) atoms. The minimum absolute atomic E-state index is 0.0132. The van der Waals surface area contributed by atoms with Crippen molar-refractivity contribution in [2.45, 2.75) is 6.54 Å². The van der Waals surface area contributed by atoms with Gasteiger partial charge in [0, 0.05) is 18.5 Å². The molecule has 0 unspecified atom stereocenters. The van der Waals surface area contributed by atoms with E-state index in [1.165, 1.54) is 11.0 Å². The van der Waals surface area contributed by atoms with E-state index in [4.69, 9.17) is 4.74 Å². The van der Waals surface area contributed by atoms with Crippen LogP contribution in [0.15, 0.2) is 91.3 Å². The Morgan fingerprint density at radius 1 is 0.971 bits per heavy atom. The molecule has 5 rings (SSSR count). The van der Waals surface area contributed by atoms with Crippen molar-refractivity contribution in [3.8, 4) is 11.5 Å². The van der Waals surface area contributed by atoms with Crippen LogP contribution in [-0.2, 0) is 6.54 Å². The highest BCUT2D eigenvalue weighted by atomic mass is 32.1. The highest BCUT2D eigenvalue weighted by Crippen LogP contribution is 2.34. The van der Waals surface area contributed by atoms with E-state index >= 15 is 0 Å². The molecular formula is C26H17F2N3O2S. The zero-order chi connectivity index (χ0) is 23.5. The minimum atomic E-state index is -0.779. The number of pyridine rings is 1. The predicted octanol–water partition coefficient (Wildman–Crippen LogP) is 6.61. The van der Waals surface area contributed by atoms with Crippen LogP contribution in [0, 0.1) is 11.6 Å². The zero-order valence-electron chi connectivity index (χ0n) is 17.7. The molecule has 0 saturated carbocycles. The van der Waals surface area contributed by atoms with Crippen LogP contribution in [0.1, 0.15) is 15.9 Å². The highest BCUT2D eigenvalue weighted by molar-refractivity contribution is 7.22. The lowest BCUT2D eigenvalue weighted by atomic mass is 10.1. The molecule has 0 N–H and O–H groups in total. The van der Waals surface area contributed by atoms with Gasteiger partial charge in [0.05, 0.1) is 16.8 Å². The summed E-state index contributed by atoms with van der Waals surface area (Å²) in [6, 6.07) is 21.6. The van der Waals surface area contributed by atoms with E-state index in [2.05, 4.69) is 9.97 Å². The lowest BCUT2D eigenvalue weighted by molar-refractivity contribution is 0.0983. The van der Waals surface area contributed by atoms with Gasteiger partial charge in [-0.05, 0) is 42.0 Å². The number of nitrogens with zero attached hydrogens (tertiary/aromatic N) is 3. The largest absolute Gasteiger partial charge is 0.457 e. The monoisotopic (exact) mass is 473 g/mol. The maximum Gasteiger partial charge on any atom is 0.264 e. The molecule has 0 atom stereocenters. The number of aromatic nitrogens is 2. The fourth-order valence-corrected chi connectivity index (χ4v) is 4.46. The van der Waals surface area contributed by atoms with Gasteiger partial charge in [0.1, 0.15) is 22.8 Å². The average Bonchev–Trinajstić information content (AvgIpc) is 3.28. The third kappa shape index (κ3) is 4.49. The summed E-state index contributed by atoms with van der Waals surface area (Å²) in [7, 11) is 0. The van der Waals surface area contributed by atoms with Gasteiger partial charge in [-0.3, -0.25) is 14.7 Å². The lowest BCUT2D eigenvalue weighted by Gasteiger charge is -2.21. The number of carbonyl (C=O) groups is 1. The summed E-state index contributed by atoms with van der Waals surface area (Å²) in [4.78, 5) is 23.7. The highest BCUT2D eigenvalue weighted by Gasteiger charge is 2.25. The first kappa shape index (κ1) is 21.7. The van der Waals surface area contributed by atoms with E-state index < -0.39 is 17.5 Å². The van der Waals surface area contributed by atoms with Gasteiger partial charge in [0.15, 0.2) is 10.9 Å². The second-order valence-corrected chi connectivity index (χ2v) is 8.40. The van der Waals surface area contributed by atoms with Crippen molar-refractivity contribution in [3.63, 3.8) is 0 Å².